The highest BCUT2D eigenvalue weighted by molar-refractivity contribution is 6.78. The van der Waals surface area contributed by atoms with Crippen molar-refractivity contribution < 1.29 is 33.2 Å². The molecule has 298 valence electrons. The van der Waals surface area contributed by atoms with Crippen molar-refractivity contribution in [1.29, 1.82) is 0 Å². The van der Waals surface area contributed by atoms with Crippen molar-refractivity contribution in [3.05, 3.63) is 0 Å². The number of hydrogen-bond acceptors (Lipinski definition) is 7. The zero-order valence-corrected chi connectivity index (χ0v) is 36.6. The zero-order chi connectivity index (χ0) is 37.7. The quantitative estimate of drug-likeness (QED) is 0.0506. The fourth-order valence-electron chi connectivity index (χ4n) is 5.58. The van der Waals surface area contributed by atoms with Crippen molar-refractivity contribution in [2.45, 2.75) is 197 Å². The molecule has 0 bridgehead atoms. The molecule has 49 heavy (non-hydrogen) atoms. The van der Waals surface area contributed by atoms with Gasteiger partial charge in [-0.05, 0) is 73.1 Å². The monoisotopic (exact) mass is 721 g/mol. The van der Waals surface area contributed by atoms with Crippen LogP contribution in [0.15, 0.2) is 0 Å². The second-order valence-electron chi connectivity index (χ2n) is 16.8. The SMILES string of the molecule is CC(C)CCC[Si](C)(CCCC(C)C)CCCC(C)C.CC(C)OCC(COCCOCCOCC(COC(C)C)OC(C)C)OC(C)C. The van der Waals surface area contributed by atoms with Crippen LogP contribution in [0.5, 0.6) is 0 Å². The van der Waals surface area contributed by atoms with Crippen molar-refractivity contribution in [3.8, 4) is 0 Å². The van der Waals surface area contributed by atoms with E-state index in [4.69, 9.17) is 33.2 Å². The molecule has 0 aromatic rings. The second kappa shape index (κ2) is 32.6. The van der Waals surface area contributed by atoms with E-state index >= 15 is 0 Å². The Hall–Kier alpha value is -0.0631. The molecule has 0 aliphatic heterocycles. The van der Waals surface area contributed by atoms with Crippen LogP contribution in [-0.4, -0.2) is 97.6 Å². The van der Waals surface area contributed by atoms with Gasteiger partial charge in [-0.2, -0.15) is 0 Å². The van der Waals surface area contributed by atoms with Gasteiger partial charge in [-0.3, -0.25) is 0 Å². The molecule has 0 fully saturated rings. The molecular weight excluding hydrogens is 633 g/mol. The second-order valence-corrected chi connectivity index (χ2v) is 21.9. The summed E-state index contributed by atoms with van der Waals surface area (Å²) in [5, 5.41) is 0. The van der Waals surface area contributed by atoms with Gasteiger partial charge in [-0.1, -0.05) is 105 Å². The van der Waals surface area contributed by atoms with E-state index in [9.17, 15) is 0 Å². The van der Waals surface area contributed by atoms with Crippen LogP contribution in [0, 0.1) is 17.8 Å². The molecular formula is C41H88O7Si. The molecule has 2 atom stereocenters. The van der Waals surface area contributed by atoms with E-state index in [2.05, 4.69) is 48.1 Å². The predicted molar refractivity (Wildman–Crippen MR) is 213 cm³/mol. The fraction of sp³-hybridized carbons (Fsp3) is 1.00. The minimum absolute atomic E-state index is 0.0633. The first-order valence-electron chi connectivity index (χ1n) is 20.2. The van der Waals surface area contributed by atoms with Gasteiger partial charge < -0.3 is 33.2 Å². The molecule has 0 aromatic carbocycles. The van der Waals surface area contributed by atoms with Gasteiger partial charge in [0.2, 0.25) is 0 Å². The van der Waals surface area contributed by atoms with Gasteiger partial charge in [-0.15, -0.1) is 0 Å². The summed E-state index contributed by atoms with van der Waals surface area (Å²) >= 11 is 0. The lowest BCUT2D eigenvalue weighted by Gasteiger charge is -2.29. The molecule has 8 heteroatoms. The summed E-state index contributed by atoms with van der Waals surface area (Å²) in [6.07, 6.45) is 9.31. The van der Waals surface area contributed by atoms with E-state index in [-0.39, 0.29) is 36.6 Å². The first-order chi connectivity index (χ1) is 23.0. The van der Waals surface area contributed by atoms with Gasteiger partial charge in [0.25, 0.3) is 0 Å². The third-order valence-electron chi connectivity index (χ3n) is 8.20. The highest BCUT2D eigenvalue weighted by Gasteiger charge is 2.26. The minimum Gasteiger partial charge on any atom is -0.377 e. The zero-order valence-electron chi connectivity index (χ0n) is 35.6. The standard InChI is InChI=1S/C22H46O7.C19H42Si/c1-17(2)26-15-21(28-19(5)6)13-24-11-9-23-10-12-25-14-22(29-20(7)8)16-27-18(3)4;1-17(2)11-8-14-20(7,15-9-12-18(3)4)16-10-13-19(5)6/h17-22H,9-16H2,1-8H3;17-19H,8-16H2,1-7H3. The van der Waals surface area contributed by atoms with Crippen molar-refractivity contribution in [1.82, 2.24) is 0 Å². The van der Waals surface area contributed by atoms with Gasteiger partial charge in [0.15, 0.2) is 0 Å². The number of rotatable bonds is 32. The van der Waals surface area contributed by atoms with Crippen molar-refractivity contribution >= 4 is 8.07 Å². The molecule has 0 rings (SSSR count). The Balaban J connectivity index is 0. The van der Waals surface area contributed by atoms with Gasteiger partial charge in [-0.25, -0.2) is 0 Å². The van der Waals surface area contributed by atoms with Gasteiger partial charge in [0, 0.05) is 0 Å². The maximum Gasteiger partial charge on any atom is 0.104 e. The Morgan fingerprint density at radius 2 is 0.694 bits per heavy atom. The van der Waals surface area contributed by atoms with Crippen LogP contribution in [0.4, 0.5) is 0 Å². The Bertz CT molecular complexity index is 617. The molecule has 0 saturated heterocycles. The molecule has 7 nitrogen and oxygen atoms in total. The Labute approximate surface area is 308 Å². The van der Waals surface area contributed by atoms with Gasteiger partial charge >= 0.3 is 0 Å². The minimum atomic E-state index is -0.950. The molecule has 0 spiro atoms. The summed E-state index contributed by atoms with van der Waals surface area (Å²) in [6.45, 7) is 37.1. The van der Waals surface area contributed by atoms with Gasteiger partial charge in [0.1, 0.15) is 12.2 Å². The topological polar surface area (TPSA) is 64.6 Å². The molecule has 0 saturated carbocycles. The number of ether oxygens (including phenoxy) is 7. The van der Waals surface area contributed by atoms with Crippen molar-refractivity contribution in [3.63, 3.8) is 0 Å². The van der Waals surface area contributed by atoms with Crippen LogP contribution in [0.2, 0.25) is 24.7 Å². The van der Waals surface area contributed by atoms with Gasteiger partial charge in [0.05, 0.1) is 85.3 Å². The third kappa shape index (κ3) is 39.0. The molecule has 0 aliphatic carbocycles. The summed E-state index contributed by atoms with van der Waals surface area (Å²) in [7, 11) is -0.950. The van der Waals surface area contributed by atoms with Crippen LogP contribution >= 0.6 is 0 Å². The van der Waals surface area contributed by atoms with E-state index in [1.54, 1.807) is 18.1 Å². The maximum atomic E-state index is 5.81. The number of hydrogen-bond donors (Lipinski definition) is 0. The maximum absolute atomic E-state index is 5.81. The van der Waals surface area contributed by atoms with Crippen LogP contribution in [-0.2, 0) is 33.2 Å². The average Bonchev–Trinajstić information content (AvgIpc) is 2.96. The van der Waals surface area contributed by atoms with E-state index in [0.29, 0.717) is 52.9 Å². The molecule has 0 aromatic heterocycles. The van der Waals surface area contributed by atoms with Crippen molar-refractivity contribution in [2.75, 3.05) is 52.9 Å². The normalized spacial score (nSPS) is 13.8. The van der Waals surface area contributed by atoms with E-state index in [1.165, 1.54) is 38.5 Å². The predicted octanol–water partition coefficient (Wildman–Crippen LogP) is 10.8. The average molecular weight is 721 g/mol. The molecule has 0 N–H and O–H groups in total. The van der Waals surface area contributed by atoms with Crippen LogP contribution in [0.1, 0.15) is 135 Å². The fourth-order valence-corrected chi connectivity index (χ4v) is 9.50. The highest BCUT2D eigenvalue weighted by atomic mass is 28.3. The lowest BCUT2D eigenvalue weighted by Crippen LogP contribution is -2.30. The highest BCUT2D eigenvalue weighted by Crippen LogP contribution is 2.30. The van der Waals surface area contributed by atoms with Crippen molar-refractivity contribution in [2.24, 2.45) is 17.8 Å². The lowest BCUT2D eigenvalue weighted by molar-refractivity contribution is -0.101. The summed E-state index contributed by atoms with van der Waals surface area (Å²) < 4.78 is 39.8. The Morgan fingerprint density at radius 3 is 0.959 bits per heavy atom. The van der Waals surface area contributed by atoms with Crippen LogP contribution in [0.3, 0.4) is 0 Å². The molecule has 0 heterocycles. The first-order valence-corrected chi connectivity index (χ1v) is 23.3. The smallest absolute Gasteiger partial charge is 0.104 e. The van der Waals surface area contributed by atoms with E-state index in [1.807, 2.05) is 55.4 Å². The van der Waals surface area contributed by atoms with Crippen LogP contribution in [0.25, 0.3) is 0 Å². The molecule has 0 aliphatic rings. The largest absolute Gasteiger partial charge is 0.377 e. The summed E-state index contributed by atoms with van der Waals surface area (Å²) in [4.78, 5) is 0. The summed E-state index contributed by atoms with van der Waals surface area (Å²) in [5.41, 5.74) is 0. The first kappa shape index (κ1) is 51.0. The molecule has 0 amide bonds. The van der Waals surface area contributed by atoms with E-state index < -0.39 is 8.07 Å². The molecule has 0 radical (unpaired) electrons. The molecule has 2 unspecified atom stereocenters. The van der Waals surface area contributed by atoms with E-state index in [0.717, 1.165) is 17.8 Å². The summed E-state index contributed by atoms with van der Waals surface area (Å²) in [6, 6.07) is 4.75. The Kier molecular flexibility index (Phi) is 33.9. The Morgan fingerprint density at radius 1 is 0.388 bits per heavy atom. The third-order valence-corrected chi connectivity index (χ3v) is 12.9. The van der Waals surface area contributed by atoms with Crippen LogP contribution < -0.4 is 0 Å². The summed E-state index contributed by atoms with van der Waals surface area (Å²) in [5.74, 6) is 2.67. The lowest BCUT2D eigenvalue weighted by atomic mass is 10.1.